The van der Waals surface area contributed by atoms with E-state index in [1.165, 1.54) is 6.07 Å². The molecule has 0 radical (unpaired) electrons. The SMILES string of the molecule is CO[C@H]1CN(C(=O)c2ccc3cccc(F)c3n2)C[C@H]1Cc1cc(C)no1. The van der Waals surface area contributed by atoms with Gasteiger partial charge in [-0.2, -0.15) is 0 Å². The largest absolute Gasteiger partial charge is 0.379 e. The summed E-state index contributed by atoms with van der Waals surface area (Å²) in [5.74, 6) is 0.221. The van der Waals surface area contributed by atoms with E-state index in [4.69, 9.17) is 9.26 Å². The van der Waals surface area contributed by atoms with E-state index in [1.807, 2.05) is 13.0 Å². The minimum absolute atomic E-state index is 0.100. The van der Waals surface area contributed by atoms with Gasteiger partial charge in [0.2, 0.25) is 0 Å². The molecule has 140 valence electrons. The van der Waals surface area contributed by atoms with Crippen LogP contribution in [0.1, 0.15) is 21.9 Å². The predicted octanol–water partition coefficient (Wildman–Crippen LogP) is 3.00. The van der Waals surface area contributed by atoms with E-state index >= 15 is 0 Å². The number of methoxy groups -OCH3 is 1. The van der Waals surface area contributed by atoms with Gasteiger partial charge in [-0.3, -0.25) is 4.79 Å². The van der Waals surface area contributed by atoms with Crippen molar-refractivity contribution in [2.24, 2.45) is 5.92 Å². The van der Waals surface area contributed by atoms with Crippen LogP contribution in [0.2, 0.25) is 0 Å². The minimum atomic E-state index is -0.433. The topological polar surface area (TPSA) is 68.5 Å². The molecule has 0 saturated carbocycles. The second-order valence-corrected chi connectivity index (χ2v) is 6.89. The molecule has 0 bridgehead atoms. The third-order valence-corrected chi connectivity index (χ3v) is 5.00. The van der Waals surface area contributed by atoms with Gasteiger partial charge in [0.05, 0.1) is 11.8 Å². The van der Waals surface area contributed by atoms with Crippen molar-refractivity contribution in [3.05, 3.63) is 59.4 Å². The molecule has 2 atom stereocenters. The van der Waals surface area contributed by atoms with E-state index in [0.29, 0.717) is 24.9 Å². The molecule has 0 unspecified atom stereocenters. The lowest BCUT2D eigenvalue weighted by Gasteiger charge is -2.15. The van der Waals surface area contributed by atoms with Gasteiger partial charge in [0.15, 0.2) is 0 Å². The fourth-order valence-corrected chi connectivity index (χ4v) is 3.63. The third-order valence-electron chi connectivity index (χ3n) is 5.00. The number of amides is 1. The normalized spacial score (nSPS) is 19.7. The highest BCUT2D eigenvalue weighted by molar-refractivity contribution is 5.95. The van der Waals surface area contributed by atoms with Crippen molar-refractivity contribution in [3.8, 4) is 0 Å². The van der Waals surface area contributed by atoms with Crippen LogP contribution in [0.3, 0.4) is 0 Å². The summed E-state index contributed by atoms with van der Waals surface area (Å²) < 4.78 is 24.9. The van der Waals surface area contributed by atoms with Gasteiger partial charge < -0.3 is 14.2 Å². The highest BCUT2D eigenvalue weighted by Crippen LogP contribution is 2.26. The van der Waals surface area contributed by atoms with Crippen LogP contribution in [0.25, 0.3) is 10.9 Å². The average molecular weight is 369 g/mol. The Labute approximate surface area is 155 Å². The highest BCUT2D eigenvalue weighted by Gasteiger charge is 2.36. The molecular formula is C20H20FN3O3. The number of halogens is 1. The van der Waals surface area contributed by atoms with E-state index in [1.54, 1.807) is 36.3 Å². The maximum Gasteiger partial charge on any atom is 0.272 e. The van der Waals surface area contributed by atoms with Crippen molar-refractivity contribution < 1.29 is 18.4 Å². The smallest absolute Gasteiger partial charge is 0.272 e. The third kappa shape index (κ3) is 3.42. The highest BCUT2D eigenvalue weighted by atomic mass is 19.1. The quantitative estimate of drug-likeness (QED) is 0.707. The van der Waals surface area contributed by atoms with Crippen LogP contribution < -0.4 is 0 Å². The number of carbonyl (C=O) groups is 1. The maximum atomic E-state index is 14.0. The maximum absolute atomic E-state index is 14.0. The average Bonchev–Trinajstić information content (AvgIpc) is 3.27. The number of hydrogen-bond acceptors (Lipinski definition) is 5. The zero-order chi connectivity index (χ0) is 19.0. The standard InChI is InChI=1S/C20H20FN3O3/c1-12-8-15(27-23-12)9-14-10-24(11-18(14)26-2)20(25)17-7-6-13-4-3-5-16(21)19(13)22-17/h3-8,14,18H,9-11H2,1-2H3/t14-,18+/m1/s1. The number of benzene rings is 1. The van der Waals surface area contributed by atoms with E-state index in [-0.39, 0.29) is 29.1 Å². The summed E-state index contributed by atoms with van der Waals surface area (Å²) in [6.45, 7) is 2.86. The molecule has 27 heavy (non-hydrogen) atoms. The van der Waals surface area contributed by atoms with Gasteiger partial charge in [0.1, 0.15) is 22.8 Å². The molecule has 7 heteroatoms. The van der Waals surface area contributed by atoms with E-state index in [2.05, 4.69) is 10.1 Å². The summed E-state index contributed by atoms with van der Waals surface area (Å²) in [6.07, 6.45) is 0.541. The van der Waals surface area contributed by atoms with Gasteiger partial charge >= 0.3 is 0 Å². The molecule has 4 rings (SSSR count). The van der Waals surface area contributed by atoms with Crippen LogP contribution in [-0.4, -0.2) is 47.3 Å². The molecule has 0 N–H and O–H groups in total. The number of carbonyl (C=O) groups excluding carboxylic acids is 1. The lowest BCUT2D eigenvalue weighted by atomic mass is 10.0. The number of ether oxygens (including phenoxy) is 1. The molecule has 2 aromatic heterocycles. The van der Waals surface area contributed by atoms with Crippen LogP contribution in [0.4, 0.5) is 4.39 Å². The van der Waals surface area contributed by atoms with Crippen LogP contribution in [-0.2, 0) is 11.2 Å². The monoisotopic (exact) mass is 369 g/mol. The Balaban J connectivity index is 1.54. The summed E-state index contributed by atoms with van der Waals surface area (Å²) in [4.78, 5) is 18.9. The number of nitrogens with zero attached hydrogens (tertiary/aromatic N) is 3. The molecule has 1 amide bonds. The zero-order valence-corrected chi connectivity index (χ0v) is 15.2. The van der Waals surface area contributed by atoms with Crippen molar-refractivity contribution in [1.29, 1.82) is 0 Å². The second-order valence-electron chi connectivity index (χ2n) is 6.89. The van der Waals surface area contributed by atoms with E-state index < -0.39 is 5.82 Å². The molecule has 1 fully saturated rings. The summed E-state index contributed by atoms with van der Waals surface area (Å²) in [5, 5.41) is 4.57. The van der Waals surface area contributed by atoms with Crippen molar-refractivity contribution in [2.45, 2.75) is 19.4 Å². The van der Waals surface area contributed by atoms with Gasteiger partial charge in [-0.1, -0.05) is 23.4 Å². The number of hydrogen-bond donors (Lipinski definition) is 0. The first-order valence-electron chi connectivity index (χ1n) is 8.84. The lowest BCUT2D eigenvalue weighted by molar-refractivity contribution is 0.0669. The number of rotatable bonds is 4. The van der Waals surface area contributed by atoms with Crippen molar-refractivity contribution in [1.82, 2.24) is 15.0 Å². The molecule has 0 aliphatic carbocycles. The summed E-state index contributed by atoms with van der Waals surface area (Å²) in [7, 11) is 1.64. The van der Waals surface area contributed by atoms with Crippen molar-refractivity contribution in [2.75, 3.05) is 20.2 Å². The molecule has 1 saturated heterocycles. The Morgan fingerprint density at radius 3 is 2.93 bits per heavy atom. The molecule has 1 aliphatic heterocycles. The Morgan fingerprint density at radius 2 is 2.19 bits per heavy atom. The van der Waals surface area contributed by atoms with Crippen LogP contribution >= 0.6 is 0 Å². The molecule has 0 spiro atoms. The summed E-state index contributed by atoms with van der Waals surface area (Å²) in [6, 6.07) is 9.99. The summed E-state index contributed by atoms with van der Waals surface area (Å²) in [5.41, 5.74) is 1.27. The number of aryl methyl sites for hydroxylation is 1. The van der Waals surface area contributed by atoms with Crippen LogP contribution in [0.15, 0.2) is 40.9 Å². The van der Waals surface area contributed by atoms with Gasteiger partial charge in [0.25, 0.3) is 5.91 Å². The molecular weight excluding hydrogens is 349 g/mol. The Morgan fingerprint density at radius 1 is 1.33 bits per heavy atom. The van der Waals surface area contributed by atoms with Crippen LogP contribution in [0, 0.1) is 18.7 Å². The number of para-hydroxylation sites is 1. The first-order chi connectivity index (χ1) is 13.0. The fraction of sp³-hybridized carbons (Fsp3) is 0.350. The Hall–Kier alpha value is -2.80. The molecule has 1 aliphatic rings. The van der Waals surface area contributed by atoms with Crippen molar-refractivity contribution in [3.63, 3.8) is 0 Å². The van der Waals surface area contributed by atoms with E-state index in [9.17, 15) is 9.18 Å². The molecule has 1 aromatic carbocycles. The van der Waals surface area contributed by atoms with Crippen LogP contribution in [0.5, 0.6) is 0 Å². The van der Waals surface area contributed by atoms with E-state index in [0.717, 1.165) is 11.5 Å². The predicted molar refractivity (Wildman–Crippen MR) is 96.8 cm³/mol. The minimum Gasteiger partial charge on any atom is -0.379 e. The second kappa shape index (κ2) is 7.08. The Bertz CT molecular complexity index is 988. The van der Waals surface area contributed by atoms with Gasteiger partial charge in [0, 0.05) is 44.0 Å². The van der Waals surface area contributed by atoms with Gasteiger partial charge in [-0.15, -0.1) is 0 Å². The molecule has 3 aromatic rings. The zero-order valence-electron chi connectivity index (χ0n) is 15.2. The first kappa shape index (κ1) is 17.6. The number of fused-ring (bicyclic) bond motifs is 1. The Kier molecular flexibility index (Phi) is 4.61. The van der Waals surface area contributed by atoms with Crippen molar-refractivity contribution >= 4 is 16.8 Å². The fourth-order valence-electron chi connectivity index (χ4n) is 3.63. The number of pyridine rings is 1. The molecule has 6 nitrogen and oxygen atoms in total. The van der Waals surface area contributed by atoms with Gasteiger partial charge in [-0.25, -0.2) is 9.37 Å². The number of likely N-dealkylation sites (tertiary alicyclic amines) is 1. The van der Waals surface area contributed by atoms with Gasteiger partial charge in [-0.05, 0) is 19.1 Å². The number of aromatic nitrogens is 2. The summed E-state index contributed by atoms with van der Waals surface area (Å²) >= 11 is 0. The molecule has 3 heterocycles. The lowest BCUT2D eigenvalue weighted by Crippen LogP contribution is -2.30. The first-order valence-corrected chi connectivity index (χ1v) is 8.84.